The van der Waals surface area contributed by atoms with Crippen molar-refractivity contribution in [3.05, 3.63) is 125 Å². The van der Waals surface area contributed by atoms with Gasteiger partial charge in [0.05, 0.1) is 180 Å². The van der Waals surface area contributed by atoms with Gasteiger partial charge >= 0.3 is 44.9 Å². The van der Waals surface area contributed by atoms with Crippen molar-refractivity contribution in [3.8, 4) is 0 Å². The van der Waals surface area contributed by atoms with Crippen molar-refractivity contribution in [1.82, 2.24) is 19.6 Å². The summed E-state index contributed by atoms with van der Waals surface area (Å²) in [5.41, 5.74) is -5.96. The monoisotopic (exact) mass is 1880 g/mol. The van der Waals surface area contributed by atoms with E-state index in [1.54, 1.807) is 90.0 Å². The Balaban J connectivity index is 0.000000438. The molecule has 22 nitrogen and oxygen atoms in total. The van der Waals surface area contributed by atoms with E-state index in [9.17, 15) is 82.8 Å². The van der Waals surface area contributed by atoms with Gasteiger partial charge < -0.3 is 44.3 Å². The van der Waals surface area contributed by atoms with Gasteiger partial charge in [0, 0.05) is 6.92 Å². The number of hydrogen-bond acceptors (Lipinski definition) is 18. The molecular weight excluding hydrogens is 1840 g/mol. The van der Waals surface area contributed by atoms with Crippen molar-refractivity contribution in [2.75, 3.05) is 6.61 Å². The summed E-state index contributed by atoms with van der Waals surface area (Å²) in [7, 11) is 0. The van der Waals surface area contributed by atoms with E-state index < -0.39 is 117 Å². The Kier molecular flexibility index (Phi) is 32.0. The van der Waals surface area contributed by atoms with Crippen LogP contribution in [0.3, 0.4) is 0 Å². The number of benzene rings is 4. The van der Waals surface area contributed by atoms with Gasteiger partial charge in [-0.2, -0.15) is 0 Å². The van der Waals surface area contributed by atoms with Crippen molar-refractivity contribution < 1.29 is 126 Å². The average molecular weight is 1890 g/mol. The summed E-state index contributed by atoms with van der Waals surface area (Å²) in [6.07, 6.45) is 0. The average Bonchev–Trinajstić information content (AvgIpc) is 1.61. The maximum Gasteiger partial charge on any atom is 2.00 e. The number of hydrogen-bond donors (Lipinski definition) is 0. The number of carboxylic acids is 4. The number of halogens is 16. The summed E-state index contributed by atoms with van der Waals surface area (Å²) < 4.78 is 4.40. The van der Waals surface area contributed by atoms with Crippen LogP contribution in [0.15, 0.2) is 0 Å². The Bertz CT molecular complexity index is 3510. The molecule has 0 spiro atoms. The van der Waals surface area contributed by atoms with E-state index in [2.05, 4.69) is 4.74 Å². The second-order valence-electron chi connectivity index (χ2n) is 25.2. The second-order valence-corrected chi connectivity index (χ2v) is 31.3. The molecule has 2 radical (unpaired) electrons. The summed E-state index contributed by atoms with van der Waals surface area (Å²) in [5, 5.41) is 42.6. The van der Waals surface area contributed by atoms with E-state index in [-0.39, 0.29) is 170 Å². The first-order valence-electron chi connectivity index (χ1n) is 27.3. The number of aliphatic carboxylic acids is 4. The predicted molar refractivity (Wildman–Crippen MR) is 363 cm³/mol. The molecule has 0 saturated carbocycles. The number of nitrogens with zero attached hydrogens (tertiary/aromatic N) is 4. The van der Waals surface area contributed by atoms with Crippen LogP contribution in [-0.2, 0) is 67.7 Å². The van der Waals surface area contributed by atoms with E-state index in [0.717, 1.165) is 0 Å². The summed E-state index contributed by atoms with van der Waals surface area (Å²) in [6.45, 7) is 22.3. The number of fused-ring (bicyclic) bond motifs is 4. The third-order valence-electron chi connectivity index (χ3n) is 14.1. The van der Waals surface area contributed by atoms with E-state index in [0.29, 0.717) is 26.2 Å². The predicted octanol–water partition coefficient (Wildman–Crippen LogP) is 12.8. The van der Waals surface area contributed by atoms with E-state index in [4.69, 9.17) is 186 Å². The number of carbonyl (C=O) groups is 13. The van der Waals surface area contributed by atoms with Crippen LogP contribution in [0, 0.1) is 21.7 Å². The first-order valence-corrected chi connectivity index (χ1v) is 33.4. The quantitative estimate of drug-likeness (QED) is 0.0494. The smallest absolute Gasteiger partial charge is 0.548 e. The molecule has 4 aromatic carbocycles. The third kappa shape index (κ3) is 17.9. The Hall–Kier alpha value is -3.32. The molecule has 4 aromatic rings. The Morgan fingerprint density at radius 1 is 0.290 bits per heavy atom. The van der Waals surface area contributed by atoms with Crippen LogP contribution in [0.1, 0.15) is 180 Å². The van der Waals surface area contributed by atoms with Gasteiger partial charge in [-0.05, 0) is 28.6 Å². The molecule has 0 aromatic heterocycles. The molecule has 4 atom stereocenters. The van der Waals surface area contributed by atoms with E-state index in [1.807, 2.05) is 0 Å². The summed E-state index contributed by atoms with van der Waals surface area (Å²) in [4.78, 5) is 159. The fourth-order valence-corrected chi connectivity index (χ4v) is 14.0. The van der Waals surface area contributed by atoms with Crippen molar-refractivity contribution in [2.24, 2.45) is 21.7 Å². The molecule has 4 heterocycles. The molecule has 0 aliphatic carbocycles. The van der Waals surface area contributed by atoms with E-state index >= 15 is 0 Å². The zero-order valence-electron chi connectivity index (χ0n) is 53.4. The molecule has 40 heteroatoms. The van der Waals surface area contributed by atoms with Gasteiger partial charge in [-0.15, -0.1) is 0 Å². The Morgan fingerprint density at radius 3 is 0.460 bits per heavy atom. The summed E-state index contributed by atoms with van der Waals surface area (Å²) in [5.74, 6) is -13.7. The topological polar surface area (TPSA) is 336 Å². The minimum Gasteiger partial charge on any atom is -0.548 e. The molecular formula is C60H48Cl16N4O18Rh2. The van der Waals surface area contributed by atoms with Gasteiger partial charge in [0.1, 0.15) is 0 Å². The first-order chi connectivity index (χ1) is 44.4. The number of imide groups is 4. The Morgan fingerprint density at radius 2 is 0.400 bits per heavy atom. The van der Waals surface area contributed by atoms with Crippen LogP contribution in [-0.4, -0.2) is 127 Å². The van der Waals surface area contributed by atoms with Crippen LogP contribution in [0.4, 0.5) is 0 Å². The van der Waals surface area contributed by atoms with Gasteiger partial charge in [0.25, 0.3) is 47.3 Å². The van der Waals surface area contributed by atoms with Crippen LogP contribution < -0.4 is 20.4 Å². The Labute approximate surface area is 676 Å². The van der Waals surface area contributed by atoms with Gasteiger partial charge in [-0.25, -0.2) is 0 Å². The van der Waals surface area contributed by atoms with Gasteiger partial charge in [0.2, 0.25) is 0 Å². The molecule has 4 aliphatic heterocycles. The van der Waals surface area contributed by atoms with Gasteiger partial charge in [0.15, 0.2) is 0 Å². The molecule has 0 bridgehead atoms. The number of amides is 8. The molecule has 0 N–H and O–H groups in total. The number of ether oxygens (including phenoxy) is 1. The largest absolute Gasteiger partial charge is 2.00 e. The molecule has 546 valence electrons. The zero-order valence-corrected chi connectivity index (χ0v) is 68.7. The minimum atomic E-state index is -1.57. The van der Waals surface area contributed by atoms with Crippen molar-refractivity contribution in [1.29, 1.82) is 0 Å². The SMILES string of the molecule is CC(C)(C)[C@@H](C(=O)[O-])N1C(=O)c2c(Cl)c(Cl)c(Cl)c(Cl)c2C1=O.CC(C)(C)[C@@H](C(=O)[O-])N1C(=O)c2c(Cl)c(Cl)c(Cl)c(Cl)c2C1=O.CC(C)(C)[C@@H](C(=O)[O-])N1C(=O)c2c(Cl)c(Cl)c(Cl)c(Cl)c2C1=O.CC(C)(C)[C@@H](C(=O)[O-])N1C(=O)c2c(Cl)c(Cl)c(Cl)c(Cl)c2C1=O.CCOC(C)=O.[Rh+2].[Rh+2]. The fourth-order valence-electron chi connectivity index (χ4n) is 9.99. The minimum absolute atomic E-state index is 0. The zero-order chi connectivity index (χ0) is 76.4. The normalized spacial score (nSPS) is 15.1. The number of carbonyl (C=O) groups excluding carboxylic acids is 13. The molecule has 4 aliphatic rings. The molecule has 0 saturated heterocycles. The second kappa shape index (κ2) is 34.5. The number of carboxylic acid groups (broad SMARTS) is 4. The van der Waals surface area contributed by atoms with Crippen molar-refractivity contribution in [2.45, 2.75) is 121 Å². The fraction of sp³-hybridized carbons (Fsp3) is 0.383. The van der Waals surface area contributed by atoms with E-state index in [1.165, 1.54) is 6.92 Å². The standard InChI is InChI=1S/4C14H11Cl4NO4.C4H8O2.2Rh/c4*1-14(2,3)10(13(22)23)19-11(20)4-5(12(19)21)7(16)9(18)8(17)6(4)15;1-3-6-4(2)5;;/h4*10H,1-3H3,(H,22,23);3H2,1-2H3;;/q;;;;;2*+2/p-4/t4*10-;;;/m1111.../s1. The molecule has 0 fully saturated rings. The molecule has 8 amide bonds. The van der Waals surface area contributed by atoms with Crippen LogP contribution in [0.25, 0.3) is 0 Å². The number of rotatable bonds is 9. The first kappa shape index (κ1) is 92.8. The van der Waals surface area contributed by atoms with Crippen LogP contribution >= 0.6 is 186 Å². The molecule has 8 rings (SSSR count). The van der Waals surface area contributed by atoms with Crippen LogP contribution in [0.2, 0.25) is 80.4 Å². The van der Waals surface area contributed by atoms with Gasteiger partial charge in [-0.3, -0.25) is 62.8 Å². The van der Waals surface area contributed by atoms with Crippen molar-refractivity contribution in [3.63, 3.8) is 0 Å². The summed E-state index contributed by atoms with van der Waals surface area (Å²) >= 11 is 95.2. The third-order valence-corrected chi connectivity index (χ3v) is 21.3. The maximum absolute atomic E-state index is 12.6. The number of esters is 1. The molecule has 0 unspecified atom stereocenters. The van der Waals surface area contributed by atoms with Crippen molar-refractivity contribution >= 4 is 263 Å². The van der Waals surface area contributed by atoms with Crippen LogP contribution in [0.5, 0.6) is 0 Å². The van der Waals surface area contributed by atoms with Gasteiger partial charge in [-0.1, -0.05) is 269 Å². The maximum atomic E-state index is 12.6. The summed E-state index contributed by atoms with van der Waals surface area (Å²) in [6, 6.07) is -6.06. The molecule has 100 heavy (non-hydrogen) atoms.